The quantitative estimate of drug-likeness (QED) is 0.701. The maximum absolute atomic E-state index is 12.1. The van der Waals surface area contributed by atoms with Crippen molar-refractivity contribution in [2.45, 2.75) is 12.3 Å². The Kier molecular flexibility index (Phi) is 3.19. The average Bonchev–Trinajstić information content (AvgIpc) is 2.54. The molecule has 22 heavy (non-hydrogen) atoms. The number of carbonyl (C=O) groups is 1. The Bertz CT molecular complexity index is 874. The number of rotatable bonds is 1. The van der Waals surface area contributed by atoms with Gasteiger partial charge in [0.15, 0.2) is 0 Å². The second-order valence-electron chi connectivity index (χ2n) is 5.45. The predicted octanol–water partition coefficient (Wildman–Crippen LogP) is 4.47. The fourth-order valence-corrected chi connectivity index (χ4v) is 3.39. The van der Waals surface area contributed by atoms with Crippen molar-refractivity contribution < 1.29 is 4.79 Å². The van der Waals surface area contributed by atoms with Crippen molar-refractivity contribution in [3.8, 4) is 0 Å². The molecule has 1 aliphatic heterocycles. The van der Waals surface area contributed by atoms with Crippen molar-refractivity contribution in [1.82, 2.24) is 4.98 Å². The van der Waals surface area contributed by atoms with Crippen LogP contribution in [0.2, 0.25) is 0 Å². The first-order chi connectivity index (χ1) is 10.7. The van der Waals surface area contributed by atoms with Gasteiger partial charge in [0.2, 0.25) is 5.91 Å². The molecule has 2 aromatic carbocycles. The van der Waals surface area contributed by atoms with E-state index in [1.165, 1.54) is 0 Å². The Morgan fingerprint density at radius 1 is 1.09 bits per heavy atom. The van der Waals surface area contributed by atoms with Gasteiger partial charge in [-0.05, 0) is 41.5 Å². The molecule has 4 rings (SSSR count). The summed E-state index contributed by atoms with van der Waals surface area (Å²) in [5, 5.41) is 4.09. The van der Waals surface area contributed by atoms with Crippen LogP contribution in [0.25, 0.3) is 10.9 Å². The molecule has 1 aromatic heterocycles. The summed E-state index contributed by atoms with van der Waals surface area (Å²) < 4.78 is 1.04. The van der Waals surface area contributed by atoms with Crippen LogP contribution in [0.1, 0.15) is 23.5 Å². The highest BCUT2D eigenvalue weighted by atomic mass is 79.9. The Morgan fingerprint density at radius 2 is 1.91 bits per heavy atom. The summed E-state index contributed by atoms with van der Waals surface area (Å²) in [5.74, 6) is 0.119. The van der Waals surface area contributed by atoms with Gasteiger partial charge in [-0.2, -0.15) is 0 Å². The Hall–Kier alpha value is -2.20. The van der Waals surface area contributed by atoms with E-state index in [1.54, 1.807) is 6.20 Å². The van der Waals surface area contributed by atoms with Gasteiger partial charge in [0.25, 0.3) is 0 Å². The van der Waals surface area contributed by atoms with E-state index in [1.807, 2.05) is 30.3 Å². The third-order valence-electron chi connectivity index (χ3n) is 4.11. The minimum atomic E-state index is 0.0589. The molecule has 3 aromatic rings. The standard InChI is InChI=1S/C18H13BrN2O/c19-12-5-3-11(4-6-12)14-10-17(22)21-16-8-7-15-13(18(14)16)2-1-9-20-15/h1-9,14H,10H2,(H,21,22)/t14-/m1/s1. The van der Waals surface area contributed by atoms with Crippen LogP contribution in [0.15, 0.2) is 59.2 Å². The van der Waals surface area contributed by atoms with Crippen LogP contribution < -0.4 is 5.32 Å². The number of halogens is 1. The third-order valence-corrected chi connectivity index (χ3v) is 4.64. The zero-order valence-electron chi connectivity index (χ0n) is 11.7. The second kappa shape index (κ2) is 5.21. The second-order valence-corrected chi connectivity index (χ2v) is 6.37. The van der Waals surface area contributed by atoms with Gasteiger partial charge in [-0.3, -0.25) is 9.78 Å². The highest BCUT2D eigenvalue weighted by Gasteiger charge is 2.28. The van der Waals surface area contributed by atoms with Crippen LogP contribution in [0, 0.1) is 0 Å². The topological polar surface area (TPSA) is 42.0 Å². The van der Waals surface area contributed by atoms with Crippen molar-refractivity contribution in [1.29, 1.82) is 0 Å². The van der Waals surface area contributed by atoms with E-state index < -0.39 is 0 Å². The number of nitrogens with one attached hydrogen (secondary N) is 1. The van der Waals surface area contributed by atoms with Crippen LogP contribution >= 0.6 is 15.9 Å². The molecule has 1 aliphatic rings. The molecule has 0 bridgehead atoms. The maximum Gasteiger partial charge on any atom is 0.225 e. The fraction of sp³-hybridized carbons (Fsp3) is 0.111. The van der Waals surface area contributed by atoms with Crippen molar-refractivity contribution in [2.24, 2.45) is 0 Å². The van der Waals surface area contributed by atoms with Crippen molar-refractivity contribution in [2.75, 3.05) is 5.32 Å². The van der Waals surface area contributed by atoms with Crippen LogP contribution in [0.4, 0.5) is 5.69 Å². The molecule has 2 heterocycles. The molecule has 1 atom stereocenters. The van der Waals surface area contributed by atoms with Gasteiger partial charge in [0.1, 0.15) is 0 Å². The molecule has 1 N–H and O–H groups in total. The van der Waals surface area contributed by atoms with Crippen molar-refractivity contribution >= 4 is 38.4 Å². The van der Waals surface area contributed by atoms with E-state index in [0.717, 1.165) is 32.2 Å². The van der Waals surface area contributed by atoms with E-state index in [0.29, 0.717) is 6.42 Å². The molecule has 0 aliphatic carbocycles. The van der Waals surface area contributed by atoms with Crippen LogP contribution in [0.3, 0.4) is 0 Å². The monoisotopic (exact) mass is 352 g/mol. The van der Waals surface area contributed by atoms with Gasteiger partial charge in [-0.25, -0.2) is 0 Å². The summed E-state index contributed by atoms with van der Waals surface area (Å²) in [6, 6.07) is 16.1. The van der Waals surface area contributed by atoms with E-state index >= 15 is 0 Å². The minimum Gasteiger partial charge on any atom is -0.326 e. The normalized spacial score (nSPS) is 17.1. The highest BCUT2D eigenvalue weighted by Crippen LogP contribution is 2.41. The van der Waals surface area contributed by atoms with Crippen LogP contribution in [-0.4, -0.2) is 10.9 Å². The number of benzene rings is 2. The number of amides is 1. The molecule has 0 unspecified atom stereocenters. The molecule has 0 spiro atoms. The number of hydrogen-bond donors (Lipinski definition) is 1. The Balaban J connectivity index is 1.97. The van der Waals surface area contributed by atoms with E-state index in [2.05, 4.69) is 44.4 Å². The lowest BCUT2D eigenvalue weighted by Crippen LogP contribution is -2.23. The first kappa shape index (κ1) is 13.5. The van der Waals surface area contributed by atoms with Gasteiger partial charge >= 0.3 is 0 Å². The zero-order valence-corrected chi connectivity index (χ0v) is 13.3. The summed E-state index contributed by atoms with van der Waals surface area (Å²) in [6.45, 7) is 0. The highest BCUT2D eigenvalue weighted by molar-refractivity contribution is 9.10. The average molecular weight is 353 g/mol. The molecular weight excluding hydrogens is 340 g/mol. The molecule has 0 radical (unpaired) electrons. The van der Waals surface area contributed by atoms with E-state index in [-0.39, 0.29) is 11.8 Å². The predicted molar refractivity (Wildman–Crippen MR) is 91.0 cm³/mol. The molecule has 1 amide bonds. The Labute approximate surface area is 136 Å². The van der Waals surface area contributed by atoms with E-state index in [4.69, 9.17) is 0 Å². The largest absolute Gasteiger partial charge is 0.326 e. The maximum atomic E-state index is 12.1. The summed E-state index contributed by atoms with van der Waals surface area (Å²) in [5.41, 5.74) is 4.16. The van der Waals surface area contributed by atoms with Gasteiger partial charge < -0.3 is 5.32 Å². The summed E-state index contributed by atoms with van der Waals surface area (Å²) in [7, 11) is 0. The van der Waals surface area contributed by atoms with Crippen molar-refractivity contribution in [3.05, 3.63) is 70.3 Å². The molecule has 4 heteroatoms. The lowest BCUT2D eigenvalue weighted by atomic mass is 9.83. The van der Waals surface area contributed by atoms with Gasteiger partial charge in [0.05, 0.1) is 5.52 Å². The summed E-state index contributed by atoms with van der Waals surface area (Å²) >= 11 is 3.46. The number of hydrogen-bond acceptors (Lipinski definition) is 2. The van der Waals surface area contributed by atoms with Gasteiger partial charge in [-0.1, -0.05) is 34.1 Å². The molecule has 3 nitrogen and oxygen atoms in total. The first-order valence-corrected chi connectivity index (χ1v) is 7.94. The third kappa shape index (κ3) is 2.20. The Morgan fingerprint density at radius 3 is 2.73 bits per heavy atom. The summed E-state index contributed by atoms with van der Waals surface area (Å²) in [6.07, 6.45) is 2.26. The number of fused-ring (bicyclic) bond motifs is 3. The molecule has 0 saturated heterocycles. The van der Waals surface area contributed by atoms with Crippen LogP contribution in [0.5, 0.6) is 0 Å². The smallest absolute Gasteiger partial charge is 0.225 e. The fourth-order valence-electron chi connectivity index (χ4n) is 3.13. The van der Waals surface area contributed by atoms with Crippen molar-refractivity contribution in [3.63, 3.8) is 0 Å². The lowest BCUT2D eigenvalue weighted by Gasteiger charge is -2.27. The lowest BCUT2D eigenvalue weighted by molar-refractivity contribution is -0.116. The SMILES string of the molecule is O=C1C[C@H](c2ccc(Br)cc2)c2c(ccc3ncccc23)N1. The molecule has 108 valence electrons. The van der Waals surface area contributed by atoms with Gasteiger partial charge in [-0.15, -0.1) is 0 Å². The molecule has 0 fully saturated rings. The number of aromatic nitrogens is 1. The van der Waals surface area contributed by atoms with Gasteiger partial charge in [0, 0.05) is 34.1 Å². The molecular formula is C18H13BrN2O. The molecule has 0 saturated carbocycles. The zero-order chi connectivity index (χ0) is 15.1. The van der Waals surface area contributed by atoms with Crippen LogP contribution in [-0.2, 0) is 4.79 Å². The first-order valence-electron chi connectivity index (χ1n) is 7.15. The number of nitrogens with zero attached hydrogens (tertiary/aromatic N) is 1. The van der Waals surface area contributed by atoms with E-state index in [9.17, 15) is 4.79 Å². The summed E-state index contributed by atoms with van der Waals surface area (Å²) in [4.78, 5) is 16.5. The minimum absolute atomic E-state index is 0.0589. The number of carbonyl (C=O) groups excluding carboxylic acids is 1. The number of anilines is 1. The number of pyridine rings is 1.